The average Bonchev–Trinajstić information content (AvgIpc) is 2.93. The highest BCUT2D eigenvalue weighted by Crippen LogP contribution is 2.21. The van der Waals surface area contributed by atoms with Crippen LogP contribution >= 0.6 is 0 Å². The molecule has 2 aromatic carbocycles. The van der Waals surface area contributed by atoms with E-state index in [0.29, 0.717) is 12.1 Å². The Morgan fingerprint density at radius 3 is 2.48 bits per heavy atom. The zero-order valence-electron chi connectivity index (χ0n) is 11.9. The summed E-state index contributed by atoms with van der Waals surface area (Å²) in [5.74, 6) is 0. The summed E-state index contributed by atoms with van der Waals surface area (Å²) in [5, 5.41) is 4.57. The van der Waals surface area contributed by atoms with Gasteiger partial charge in [0.15, 0.2) is 6.29 Å². The fourth-order valence-corrected chi connectivity index (χ4v) is 2.39. The first-order valence-electron chi connectivity index (χ1n) is 6.90. The van der Waals surface area contributed by atoms with Gasteiger partial charge < -0.3 is 0 Å². The van der Waals surface area contributed by atoms with Gasteiger partial charge in [-0.1, -0.05) is 54.6 Å². The van der Waals surface area contributed by atoms with Crippen LogP contribution in [0.2, 0.25) is 0 Å². The van der Waals surface area contributed by atoms with Crippen molar-refractivity contribution in [1.29, 1.82) is 0 Å². The number of aromatic nitrogens is 2. The van der Waals surface area contributed by atoms with E-state index in [1.807, 2.05) is 53.3 Å². The lowest BCUT2D eigenvalue weighted by molar-refractivity contribution is 0.112. The van der Waals surface area contributed by atoms with Gasteiger partial charge in [0.05, 0.1) is 12.1 Å². The molecule has 0 unspecified atom stereocenters. The summed E-state index contributed by atoms with van der Waals surface area (Å²) in [7, 11) is 0. The summed E-state index contributed by atoms with van der Waals surface area (Å²) in [4.78, 5) is 11.3. The van der Waals surface area contributed by atoms with Crippen LogP contribution in [0.4, 0.5) is 0 Å². The molecule has 3 aromatic rings. The number of hydrogen-bond acceptors (Lipinski definition) is 2. The number of benzene rings is 2. The van der Waals surface area contributed by atoms with Crippen LogP contribution in [-0.2, 0) is 6.54 Å². The van der Waals surface area contributed by atoms with Crippen molar-refractivity contribution in [2.24, 2.45) is 0 Å². The smallest absolute Gasteiger partial charge is 0.153 e. The van der Waals surface area contributed by atoms with E-state index < -0.39 is 0 Å². The first kappa shape index (κ1) is 13.3. The minimum Gasteiger partial charge on any atom is -0.298 e. The minimum absolute atomic E-state index is 0.620. The largest absolute Gasteiger partial charge is 0.298 e. The molecule has 0 N–H and O–H groups in total. The van der Waals surface area contributed by atoms with Crippen LogP contribution in [0.15, 0.2) is 60.8 Å². The molecule has 0 aliphatic carbocycles. The van der Waals surface area contributed by atoms with Gasteiger partial charge in [0.2, 0.25) is 0 Å². The van der Waals surface area contributed by atoms with Gasteiger partial charge in [-0.3, -0.25) is 9.48 Å². The van der Waals surface area contributed by atoms with Crippen LogP contribution in [0.5, 0.6) is 0 Å². The van der Waals surface area contributed by atoms with E-state index in [4.69, 9.17) is 0 Å². The highest BCUT2D eigenvalue weighted by atomic mass is 16.1. The highest BCUT2D eigenvalue weighted by molar-refractivity contribution is 5.85. The fourth-order valence-electron chi connectivity index (χ4n) is 2.39. The third-order valence-corrected chi connectivity index (χ3v) is 3.56. The Hall–Kier alpha value is -2.68. The lowest BCUT2D eigenvalue weighted by Gasteiger charge is -2.05. The maximum absolute atomic E-state index is 11.3. The topological polar surface area (TPSA) is 34.9 Å². The first-order chi connectivity index (χ1) is 10.3. The van der Waals surface area contributed by atoms with Crippen LogP contribution in [0.1, 0.15) is 21.5 Å². The monoisotopic (exact) mass is 276 g/mol. The van der Waals surface area contributed by atoms with Crippen molar-refractivity contribution in [3.05, 3.63) is 77.5 Å². The Labute approximate surface area is 123 Å². The van der Waals surface area contributed by atoms with Crippen LogP contribution in [-0.4, -0.2) is 16.1 Å². The summed E-state index contributed by atoms with van der Waals surface area (Å²) in [6.07, 6.45) is 2.67. The molecule has 0 saturated carbocycles. The Kier molecular flexibility index (Phi) is 3.65. The number of aldehydes is 1. The number of hydrogen-bond donors (Lipinski definition) is 0. The summed E-state index contributed by atoms with van der Waals surface area (Å²) in [6, 6.07) is 18.0. The zero-order valence-corrected chi connectivity index (χ0v) is 11.9. The van der Waals surface area contributed by atoms with Crippen LogP contribution in [0.3, 0.4) is 0 Å². The number of carbonyl (C=O) groups is 1. The van der Waals surface area contributed by atoms with Crippen molar-refractivity contribution in [2.45, 2.75) is 13.5 Å². The summed E-state index contributed by atoms with van der Waals surface area (Å²) >= 11 is 0. The number of aryl methyl sites for hydroxylation is 1. The third-order valence-electron chi connectivity index (χ3n) is 3.56. The Morgan fingerprint density at radius 1 is 1.05 bits per heavy atom. The van der Waals surface area contributed by atoms with Crippen molar-refractivity contribution in [2.75, 3.05) is 0 Å². The van der Waals surface area contributed by atoms with Crippen molar-refractivity contribution in [3.8, 4) is 11.3 Å². The van der Waals surface area contributed by atoms with Crippen LogP contribution < -0.4 is 0 Å². The number of rotatable bonds is 4. The molecule has 1 heterocycles. The molecule has 21 heavy (non-hydrogen) atoms. The summed E-state index contributed by atoms with van der Waals surface area (Å²) in [5.41, 5.74) is 4.75. The summed E-state index contributed by atoms with van der Waals surface area (Å²) < 4.78 is 1.83. The second-order valence-corrected chi connectivity index (χ2v) is 5.04. The number of carbonyl (C=O) groups excluding carboxylic acids is 1. The standard InChI is InChI=1S/C18H16N2O/c1-14-7-5-6-10-16(14)11-20-12-17(13-21)18(19-20)15-8-3-2-4-9-15/h2-10,12-13H,11H2,1H3. The van der Waals surface area contributed by atoms with Crippen molar-refractivity contribution in [3.63, 3.8) is 0 Å². The maximum Gasteiger partial charge on any atom is 0.153 e. The van der Waals surface area contributed by atoms with Gasteiger partial charge in [-0.2, -0.15) is 5.10 Å². The van der Waals surface area contributed by atoms with E-state index in [9.17, 15) is 4.79 Å². The molecule has 1 aromatic heterocycles. The third kappa shape index (κ3) is 2.77. The molecule has 104 valence electrons. The van der Waals surface area contributed by atoms with Gasteiger partial charge in [0.1, 0.15) is 5.69 Å². The van der Waals surface area contributed by atoms with Crippen molar-refractivity contribution < 1.29 is 4.79 Å². The molecule has 3 rings (SSSR count). The van der Waals surface area contributed by atoms with Gasteiger partial charge in [-0.05, 0) is 18.1 Å². The van der Waals surface area contributed by atoms with E-state index in [1.165, 1.54) is 11.1 Å². The molecular weight excluding hydrogens is 260 g/mol. The highest BCUT2D eigenvalue weighted by Gasteiger charge is 2.11. The molecule has 0 bridgehead atoms. The quantitative estimate of drug-likeness (QED) is 0.681. The molecule has 0 aliphatic heterocycles. The van der Waals surface area contributed by atoms with Gasteiger partial charge in [0.25, 0.3) is 0 Å². The number of nitrogens with zero attached hydrogens (tertiary/aromatic N) is 2. The van der Waals surface area contributed by atoms with Gasteiger partial charge in [-0.25, -0.2) is 0 Å². The van der Waals surface area contributed by atoms with E-state index in [2.05, 4.69) is 24.2 Å². The molecule has 3 heteroatoms. The lowest BCUT2D eigenvalue weighted by Crippen LogP contribution is -2.02. The van der Waals surface area contributed by atoms with Crippen LogP contribution in [0, 0.1) is 6.92 Å². The second-order valence-electron chi connectivity index (χ2n) is 5.04. The Morgan fingerprint density at radius 2 is 1.76 bits per heavy atom. The van der Waals surface area contributed by atoms with E-state index in [-0.39, 0.29) is 0 Å². The van der Waals surface area contributed by atoms with Crippen molar-refractivity contribution >= 4 is 6.29 Å². The first-order valence-corrected chi connectivity index (χ1v) is 6.90. The molecule has 0 amide bonds. The fraction of sp³-hybridized carbons (Fsp3) is 0.111. The normalized spacial score (nSPS) is 10.5. The average molecular weight is 276 g/mol. The Balaban J connectivity index is 1.97. The SMILES string of the molecule is Cc1ccccc1Cn1cc(C=O)c(-c2ccccc2)n1. The van der Waals surface area contributed by atoms with Gasteiger partial charge in [0, 0.05) is 11.8 Å². The van der Waals surface area contributed by atoms with Crippen molar-refractivity contribution in [1.82, 2.24) is 9.78 Å². The van der Waals surface area contributed by atoms with Gasteiger partial charge in [-0.15, -0.1) is 0 Å². The molecule has 0 spiro atoms. The predicted octanol–water partition coefficient (Wildman–Crippen LogP) is 3.72. The molecule has 0 fully saturated rings. The van der Waals surface area contributed by atoms with Gasteiger partial charge >= 0.3 is 0 Å². The molecule has 0 saturated heterocycles. The lowest BCUT2D eigenvalue weighted by atomic mass is 10.1. The van der Waals surface area contributed by atoms with Crippen LogP contribution in [0.25, 0.3) is 11.3 Å². The maximum atomic E-state index is 11.3. The molecule has 0 radical (unpaired) electrons. The molecular formula is C18H16N2O. The minimum atomic E-state index is 0.620. The summed E-state index contributed by atoms with van der Waals surface area (Å²) in [6.45, 7) is 2.75. The molecule has 0 aliphatic rings. The predicted molar refractivity (Wildman–Crippen MR) is 83.3 cm³/mol. The Bertz CT molecular complexity index is 760. The molecule has 0 atom stereocenters. The van der Waals surface area contributed by atoms with E-state index in [1.54, 1.807) is 0 Å². The van der Waals surface area contributed by atoms with E-state index in [0.717, 1.165) is 17.5 Å². The zero-order chi connectivity index (χ0) is 14.7. The van der Waals surface area contributed by atoms with E-state index >= 15 is 0 Å². The molecule has 3 nitrogen and oxygen atoms in total. The second kappa shape index (κ2) is 5.75.